The Kier molecular flexibility index (Phi) is 4.16. The molecule has 2 heterocycles. The quantitative estimate of drug-likeness (QED) is 0.485. The molecular formula is C18H19ClINO. The number of quaternary nitrogens is 1. The topological polar surface area (TPSA) is 20.2 Å². The molecular weight excluding hydrogens is 409 g/mol. The molecule has 2 aliphatic heterocycles. The van der Waals surface area contributed by atoms with Gasteiger partial charge in [0.05, 0.1) is 25.2 Å². The van der Waals surface area contributed by atoms with Gasteiger partial charge in [0.25, 0.3) is 0 Å². The molecule has 2 aliphatic rings. The first-order chi connectivity index (χ1) is 10.1. The number of halogens is 2. The van der Waals surface area contributed by atoms with Gasteiger partial charge in [0, 0.05) is 24.0 Å². The van der Waals surface area contributed by atoms with Crippen molar-refractivity contribution in [3.05, 3.63) is 63.7 Å². The van der Waals surface area contributed by atoms with Crippen LogP contribution in [0.4, 0.5) is 0 Å². The van der Waals surface area contributed by atoms with Crippen molar-refractivity contribution in [2.75, 3.05) is 20.1 Å². The molecule has 0 saturated carbocycles. The standard InChI is InChI=1S/C18H18ClNO.HI/c1-20-8-6-12-4-2-3-5-14(12)18(20)15-11-17(21)16(19)10-13(15)7-9-20;/h2-5,10-11,18H,6-9H2,1H3;1H. The van der Waals surface area contributed by atoms with E-state index in [1.165, 1.54) is 22.3 Å². The van der Waals surface area contributed by atoms with Crippen molar-refractivity contribution in [2.45, 2.75) is 18.9 Å². The van der Waals surface area contributed by atoms with Crippen molar-refractivity contribution in [1.82, 2.24) is 0 Å². The van der Waals surface area contributed by atoms with E-state index in [0.717, 1.165) is 30.4 Å². The van der Waals surface area contributed by atoms with Crippen LogP contribution < -0.4 is 24.0 Å². The predicted octanol–water partition coefficient (Wildman–Crippen LogP) is 0.698. The SMILES string of the molecule is C[N+]12CCc3ccccc3C1c1cc(O)c(Cl)cc1CC2.[I-]. The van der Waals surface area contributed by atoms with E-state index in [-0.39, 0.29) is 29.7 Å². The zero-order valence-corrected chi connectivity index (χ0v) is 15.4. The van der Waals surface area contributed by atoms with Crippen molar-refractivity contribution in [3.8, 4) is 5.75 Å². The zero-order valence-electron chi connectivity index (χ0n) is 12.5. The summed E-state index contributed by atoms with van der Waals surface area (Å²) in [6.45, 7) is 2.29. The molecule has 4 heteroatoms. The summed E-state index contributed by atoms with van der Waals surface area (Å²) in [6.07, 6.45) is 2.17. The molecule has 0 amide bonds. The van der Waals surface area contributed by atoms with Gasteiger partial charge in [-0.25, -0.2) is 0 Å². The van der Waals surface area contributed by atoms with E-state index < -0.39 is 0 Å². The summed E-state index contributed by atoms with van der Waals surface area (Å²) in [5.74, 6) is 0.201. The van der Waals surface area contributed by atoms with E-state index in [9.17, 15) is 5.11 Å². The zero-order chi connectivity index (χ0) is 14.6. The highest BCUT2D eigenvalue weighted by molar-refractivity contribution is 6.32. The summed E-state index contributed by atoms with van der Waals surface area (Å²) in [4.78, 5) is 0. The van der Waals surface area contributed by atoms with Crippen LogP contribution >= 0.6 is 11.6 Å². The van der Waals surface area contributed by atoms with Gasteiger partial charge in [0.15, 0.2) is 0 Å². The Balaban J connectivity index is 0.00000144. The van der Waals surface area contributed by atoms with Gasteiger partial charge in [-0.1, -0.05) is 35.9 Å². The van der Waals surface area contributed by atoms with Gasteiger partial charge in [-0.15, -0.1) is 0 Å². The number of benzene rings is 2. The van der Waals surface area contributed by atoms with Crippen LogP contribution in [0.25, 0.3) is 0 Å². The van der Waals surface area contributed by atoms with Crippen LogP contribution in [0.3, 0.4) is 0 Å². The smallest absolute Gasteiger partial charge is 0.141 e. The van der Waals surface area contributed by atoms with Gasteiger partial charge in [-0.05, 0) is 23.3 Å². The average molecular weight is 428 g/mol. The van der Waals surface area contributed by atoms with Crippen LogP contribution in [-0.4, -0.2) is 29.7 Å². The molecule has 0 fully saturated rings. The summed E-state index contributed by atoms with van der Waals surface area (Å²) < 4.78 is 1.03. The number of phenolic OH excluding ortho intramolecular Hbond substituents is 1. The van der Waals surface area contributed by atoms with E-state index in [1.807, 2.05) is 12.1 Å². The van der Waals surface area contributed by atoms with E-state index >= 15 is 0 Å². The van der Waals surface area contributed by atoms with E-state index in [2.05, 4.69) is 31.3 Å². The Bertz CT molecular complexity index is 733. The van der Waals surface area contributed by atoms with Crippen molar-refractivity contribution in [3.63, 3.8) is 0 Å². The van der Waals surface area contributed by atoms with Gasteiger partial charge in [-0.2, -0.15) is 0 Å². The second-order valence-corrected chi connectivity index (χ2v) is 6.94. The minimum Gasteiger partial charge on any atom is -1.00 e. The summed E-state index contributed by atoms with van der Waals surface area (Å²) in [5.41, 5.74) is 5.39. The van der Waals surface area contributed by atoms with Crippen LogP contribution in [0.15, 0.2) is 36.4 Å². The van der Waals surface area contributed by atoms with E-state index in [1.54, 1.807) is 0 Å². The molecule has 0 aromatic heterocycles. The number of hydrogen-bond acceptors (Lipinski definition) is 1. The first-order valence-electron chi connectivity index (χ1n) is 7.52. The molecule has 4 rings (SSSR count). The number of rotatable bonds is 0. The summed E-state index contributed by atoms with van der Waals surface area (Å²) in [6, 6.07) is 12.9. The van der Waals surface area contributed by atoms with Crippen molar-refractivity contribution in [1.29, 1.82) is 0 Å². The maximum Gasteiger partial charge on any atom is 0.141 e. The summed E-state index contributed by atoms with van der Waals surface area (Å²) in [5, 5.41) is 10.5. The maximum atomic E-state index is 10.1. The lowest BCUT2D eigenvalue weighted by atomic mass is 9.81. The highest BCUT2D eigenvalue weighted by atomic mass is 127. The summed E-state index contributed by atoms with van der Waals surface area (Å²) >= 11 is 6.10. The average Bonchev–Trinajstić information content (AvgIpc) is 2.48. The number of nitrogens with zero attached hydrogens (tertiary/aromatic N) is 1. The third-order valence-corrected chi connectivity index (χ3v) is 5.56. The van der Waals surface area contributed by atoms with Crippen LogP contribution in [0, 0.1) is 0 Å². The molecule has 2 aromatic carbocycles. The monoisotopic (exact) mass is 427 g/mol. The van der Waals surface area contributed by atoms with Crippen molar-refractivity contribution >= 4 is 11.6 Å². The second kappa shape index (κ2) is 5.69. The fourth-order valence-electron chi connectivity index (χ4n) is 4.08. The van der Waals surface area contributed by atoms with Crippen molar-refractivity contribution < 1.29 is 33.6 Å². The van der Waals surface area contributed by atoms with Gasteiger partial charge < -0.3 is 33.6 Å². The summed E-state index contributed by atoms with van der Waals surface area (Å²) in [7, 11) is 2.34. The molecule has 0 bridgehead atoms. The first-order valence-corrected chi connectivity index (χ1v) is 7.89. The fourth-order valence-corrected chi connectivity index (χ4v) is 4.27. The fraction of sp³-hybridized carbons (Fsp3) is 0.333. The maximum absolute atomic E-state index is 10.1. The molecule has 2 nitrogen and oxygen atoms in total. The van der Waals surface area contributed by atoms with Crippen LogP contribution in [-0.2, 0) is 12.8 Å². The third kappa shape index (κ3) is 2.34. The lowest BCUT2D eigenvalue weighted by Crippen LogP contribution is -3.00. The Morgan fingerprint density at radius 3 is 2.50 bits per heavy atom. The minimum atomic E-state index is 0. The van der Waals surface area contributed by atoms with E-state index in [0.29, 0.717) is 11.1 Å². The number of fused-ring (bicyclic) bond motifs is 5. The molecule has 0 aliphatic carbocycles. The predicted molar refractivity (Wildman–Crippen MR) is 84.7 cm³/mol. The number of phenols is 1. The first kappa shape index (κ1) is 16.1. The molecule has 2 aromatic rings. The van der Waals surface area contributed by atoms with Crippen LogP contribution in [0.5, 0.6) is 5.75 Å². The Labute approximate surface area is 153 Å². The molecule has 116 valence electrons. The molecule has 0 radical (unpaired) electrons. The van der Waals surface area contributed by atoms with Gasteiger partial charge in [-0.3, -0.25) is 0 Å². The molecule has 2 atom stereocenters. The second-order valence-electron chi connectivity index (χ2n) is 6.53. The van der Waals surface area contributed by atoms with Gasteiger partial charge in [0.1, 0.15) is 11.8 Å². The van der Waals surface area contributed by atoms with Gasteiger partial charge >= 0.3 is 0 Å². The Morgan fingerprint density at radius 2 is 1.73 bits per heavy atom. The number of likely N-dealkylation sites (N-methyl/N-ethyl adjacent to an activating group) is 1. The number of hydrogen-bond donors (Lipinski definition) is 1. The van der Waals surface area contributed by atoms with Gasteiger partial charge in [0.2, 0.25) is 0 Å². The molecule has 0 saturated heterocycles. The lowest BCUT2D eigenvalue weighted by molar-refractivity contribution is -0.937. The Hall–Kier alpha value is -0.780. The highest BCUT2D eigenvalue weighted by Crippen LogP contribution is 2.45. The molecule has 22 heavy (non-hydrogen) atoms. The minimum absolute atomic E-state index is 0. The van der Waals surface area contributed by atoms with Crippen molar-refractivity contribution in [2.24, 2.45) is 0 Å². The third-order valence-electron chi connectivity index (χ3n) is 5.26. The van der Waals surface area contributed by atoms with Crippen LogP contribution in [0.2, 0.25) is 5.02 Å². The van der Waals surface area contributed by atoms with E-state index in [4.69, 9.17) is 11.6 Å². The highest BCUT2D eigenvalue weighted by Gasteiger charge is 2.43. The lowest BCUT2D eigenvalue weighted by Gasteiger charge is -2.49. The largest absolute Gasteiger partial charge is 1.00 e. The number of aromatic hydroxyl groups is 1. The normalized spacial score (nSPS) is 25.5. The molecule has 2 unspecified atom stereocenters. The molecule has 1 N–H and O–H groups in total. The van der Waals surface area contributed by atoms with Crippen LogP contribution in [0.1, 0.15) is 28.3 Å². The Morgan fingerprint density at radius 1 is 1.05 bits per heavy atom. The molecule has 0 spiro atoms.